The first-order valence-electron chi connectivity index (χ1n) is 5.64. The zero-order chi connectivity index (χ0) is 9.10. The number of nitrogens with one attached hydrogen (secondary N) is 1. The fraction of sp³-hybridized carbons (Fsp3) is 1.00. The lowest BCUT2D eigenvalue weighted by molar-refractivity contribution is 0.293. The van der Waals surface area contributed by atoms with Crippen molar-refractivity contribution in [3.63, 3.8) is 0 Å². The molecule has 76 valence electrons. The molecule has 0 spiro atoms. The molecule has 1 aliphatic heterocycles. The van der Waals surface area contributed by atoms with Crippen molar-refractivity contribution in [3.05, 3.63) is 0 Å². The van der Waals surface area contributed by atoms with Crippen molar-refractivity contribution < 1.29 is 0 Å². The van der Waals surface area contributed by atoms with E-state index in [1.807, 2.05) is 0 Å². The lowest BCUT2D eigenvalue weighted by Gasteiger charge is -2.30. The third-order valence-electron chi connectivity index (χ3n) is 3.47. The molecule has 2 fully saturated rings. The molecular weight excluding hydrogens is 178 g/mol. The van der Waals surface area contributed by atoms with Crippen LogP contribution in [0.15, 0.2) is 0 Å². The Labute approximate surface area is 86.0 Å². The maximum atomic E-state index is 3.38. The molecule has 2 rings (SSSR count). The van der Waals surface area contributed by atoms with Crippen LogP contribution in [0.2, 0.25) is 0 Å². The fourth-order valence-electron chi connectivity index (χ4n) is 2.58. The monoisotopic (exact) mass is 199 g/mol. The maximum Gasteiger partial charge on any atom is -0.00179 e. The Morgan fingerprint density at radius 1 is 1.31 bits per heavy atom. The molecule has 1 aliphatic carbocycles. The van der Waals surface area contributed by atoms with Gasteiger partial charge in [-0.1, -0.05) is 0 Å². The van der Waals surface area contributed by atoms with E-state index in [0.29, 0.717) is 0 Å². The van der Waals surface area contributed by atoms with Gasteiger partial charge < -0.3 is 5.32 Å². The summed E-state index contributed by atoms with van der Waals surface area (Å²) in [5, 5.41) is 3.38. The second-order valence-electron chi connectivity index (χ2n) is 4.54. The van der Waals surface area contributed by atoms with Gasteiger partial charge in [-0.25, -0.2) is 0 Å². The minimum atomic E-state index is 0.998. The number of hydrogen-bond donors (Lipinski definition) is 1. The summed E-state index contributed by atoms with van der Waals surface area (Å²) < 4.78 is 0. The molecule has 2 unspecified atom stereocenters. The first-order chi connectivity index (χ1) is 6.42. The quantitative estimate of drug-likeness (QED) is 0.746. The van der Waals surface area contributed by atoms with Crippen molar-refractivity contribution in [3.8, 4) is 0 Å². The molecule has 2 heteroatoms. The Balaban J connectivity index is 1.84. The van der Waals surface area contributed by atoms with Crippen molar-refractivity contribution >= 4 is 11.8 Å². The topological polar surface area (TPSA) is 12.0 Å². The van der Waals surface area contributed by atoms with Crippen LogP contribution in [-0.4, -0.2) is 25.1 Å². The van der Waals surface area contributed by atoms with E-state index in [1.165, 1.54) is 43.7 Å². The van der Waals surface area contributed by atoms with E-state index >= 15 is 0 Å². The maximum absolute atomic E-state index is 3.38. The smallest absolute Gasteiger partial charge is 0.00179 e. The molecule has 0 aromatic carbocycles. The summed E-state index contributed by atoms with van der Waals surface area (Å²) in [6, 6.07) is 0. The summed E-state index contributed by atoms with van der Waals surface area (Å²) in [4.78, 5) is 0. The van der Waals surface area contributed by atoms with Gasteiger partial charge in [-0.15, -0.1) is 0 Å². The third kappa shape index (κ3) is 2.63. The summed E-state index contributed by atoms with van der Waals surface area (Å²) >= 11 is 2.17. The minimum absolute atomic E-state index is 0.998. The van der Waals surface area contributed by atoms with Crippen LogP contribution < -0.4 is 5.32 Å². The molecule has 1 saturated carbocycles. The van der Waals surface area contributed by atoms with Crippen molar-refractivity contribution in [2.75, 3.05) is 25.1 Å². The van der Waals surface area contributed by atoms with Gasteiger partial charge >= 0.3 is 0 Å². The second kappa shape index (κ2) is 4.70. The van der Waals surface area contributed by atoms with Crippen molar-refractivity contribution in [1.82, 2.24) is 5.32 Å². The van der Waals surface area contributed by atoms with Crippen LogP contribution in [0.1, 0.15) is 25.7 Å². The highest BCUT2D eigenvalue weighted by Gasteiger charge is 2.36. The SMILES string of the molecule is CNCC(C1CC1)C1CCCSC1. The van der Waals surface area contributed by atoms with Crippen LogP contribution in [0.3, 0.4) is 0 Å². The Bertz CT molecular complexity index is 150. The van der Waals surface area contributed by atoms with Crippen molar-refractivity contribution in [1.29, 1.82) is 0 Å². The first kappa shape index (κ1) is 9.85. The summed E-state index contributed by atoms with van der Waals surface area (Å²) in [6.45, 7) is 1.26. The summed E-state index contributed by atoms with van der Waals surface area (Å²) in [5.74, 6) is 5.95. The molecule has 0 aromatic rings. The largest absolute Gasteiger partial charge is 0.319 e. The van der Waals surface area contributed by atoms with Crippen molar-refractivity contribution in [2.45, 2.75) is 25.7 Å². The molecule has 0 bridgehead atoms. The van der Waals surface area contributed by atoms with Gasteiger partial charge in [0.2, 0.25) is 0 Å². The van der Waals surface area contributed by atoms with E-state index < -0.39 is 0 Å². The number of hydrogen-bond acceptors (Lipinski definition) is 2. The van der Waals surface area contributed by atoms with E-state index in [-0.39, 0.29) is 0 Å². The summed E-state index contributed by atoms with van der Waals surface area (Å²) in [6.07, 6.45) is 5.97. The Morgan fingerprint density at radius 2 is 2.15 bits per heavy atom. The third-order valence-corrected chi connectivity index (χ3v) is 4.71. The molecule has 2 atom stereocenters. The van der Waals surface area contributed by atoms with E-state index in [1.54, 1.807) is 0 Å². The molecule has 13 heavy (non-hydrogen) atoms. The zero-order valence-electron chi connectivity index (χ0n) is 8.59. The van der Waals surface area contributed by atoms with E-state index in [0.717, 1.165) is 17.8 Å². The van der Waals surface area contributed by atoms with E-state index in [2.05, 4.69) is 24.1 Å². The molecule has 2 aliphatic rings. The molecule has 0 radical (unpaired) electrons. The standard InChI is InChI=1S/C11H21NS/c1-12-7-11(9-4-5-9)10-3-2-6-13-8-10/h9-12H,2-8H2,1H3. The van der Waals surface area contributed by atoms with Crippen LogP contribution in [0, 0.1) is 17.8 Å². The predicted molar refractivity (Wildman–Crippen MR) is 60.2 cm³/mol. The zero-order valence-corrected chi connectivity index (χ0v) is 9.41. The van der Waals surface area contributed by atoms with Gasteiger partial charge in [0.25, 0.3) is 0 Å². The van der Waals surface area contributed by atoms with Gasteiger partial charge in [0.15, 0.2) is 0 Å². The van der Waals surface area contributed by atoms with Gasteiger partial charge in [-0.3, -0.25) is 0 Å². The lowest BCUT2D eigenvalue weighted by Crippen LogP contribution is -2.30. The predicted octanol–water partition coefficient (Wildman–Crippen LogP) is 2.38. The Morgan fingerprint density at radius 3 is 2.69 bits per heavy atom. The molecule has 1 heterocycles. The number of rotatable bonds is 4. The Hall–Kier alpha value is 0.310. The second-order valence-corrected chi connectivity index (χ2v) is 5.69. The van der Waals surface area contributed by atoms with Gasteiger partial charge in [0.05, 0.1) is 0 Å². The van der Waals surface area contributed by atoms with Gasteiger partial charge in [0.1, 0.15) is 0 Å². The molecule has 1 saturated heterocycles. The Kier molecular flexibility index (Phi) is 3.56. The van der Waals surface area contributed by atoms with Gasteiger partial charge in [0, 0.05) is 0 Å². The highest BCUT2D eigenvalue weighted by Crippen LogP contribution is 2.43. The average Bonchev–Trinajstić information content (AvgIpc) is 2.99. The molecular formula is C11H21NS. The number of thioether (sulfide) groups is 1. The van der Waals surface area contributed by atoms with Crippen LogP contribution in [0.25, 0.3) is 0 Å². The minimum Gasteiger partial charge on any atom is -0.319 e. The first-order valence-corrected chi connectivity index (χ1v) is 6.79. The molecule has 0 amide bonds. The summed E-state index contributed by atoms with van der Waals surface area (Å²) in [5.41, 5.74) is 0. The van der Waals surface area contributed by atoms with Crippen LogP contribution in [0.4, 0.5) is 0 Å². The highest BCUT2D eigenvalue weighted by molar-refractivity contribution is 7.99. The average molecular weight is 199 g/mol. The van der Waals surface area contributed by atoms with Crippen LogP contribution in [-0.2, 0) is 0 Å². The highest BCUT2D eigenvalue weighted by atomic mass is 32.2. The molecule has 1 nitrogen and oxygen atoms in total. The van der Waals surface area contributed by atoms with Crippen LogP contribution in [0.5, 0.6) is 0 Å². The van der Waals surface area contributed by atoms with E-state index in [9.17, 15) is 0 Å². The van der Waals surface area contributed by atoms with Crippen LogP contribution >= 0.6 is 11.8 Å². The van der Waals surface area contributed by atoms with Gasteiger partial charge in [-0.05, 0) is 68.5 Å². The lowest BCUT2D eigenvalue weighted by atomic mass is 9.86. The molecule has 1 N–H and O–H groups in total. The van der Waals surface area contributed by atoms with Gasteiger partial charge in [-0.2, -0.15) is 11.8 Å². The normalized spacial score (nSPS) is 31.6. The summed E-state index contributed by atoms with van der Waals surface area (Å²) in [7, 11) is 2.10. The van der Waals surface area contributed by atoms with Crippen molar-refractivity contribution in [2.24, 2.45) is 17.8 Å². The molecule has 0 aromatic heterocycles. The fourth-order valence-corrected chi connectivity index (χ4v) is 3.84. The van der Waals surface area contributed by atoms with E-state index in [4.69, 9.17) is 0 Å².